The molecule has 18 nitrogen and oxygen atoms in total. The Hall–Kier alpha value is 0.360. The van der Waals surface area contributed by atoms with E-state index in [1.165, 1.54) is 0 Å². The van der Waals surface area contributed by atoms with E-state index in [2.05, 4.69) is 18.1 Å². The fourth-order valence-electron chi connectivity index (χ4n) is 7.61. The molecule has 1 heterocycles. The molecule has 0 aromatic carbocycles. The minimum absolute atomic E-state index is 0.259. The van der Waals surface area contributed by atoms with E-state index in [1.54, 1.807) is 6.92 Å². The van der Waals surface area contributed by atoms with Gasteiger partial charge in [-0.2, -0.15) is 0 Å². The van der Waals surface area contributed by atoms with Crippen molar-refractivity contribution in [2.75, 3.05) is 0 Å². The highest BCUT2D eigenvalue weighted by Gasteiger charge is 2.89. The summed E-state index contributed by atoms with van der Waals surface area (Å²) in [4.78, 5) is 92.4. The van der Waals surface area contributed by atoms with E-state index in [4.69, 9.17) is 9.47 Å². The van der Waals surface area contributed by atoms with Gasteiger partial charge in [0.05, 0.1) is 31.3 Å². The van der Waals surface area contributed by atoms with Crippen LogP contribution in [0.25, 0.3) is 0 Å². The second-order valence-corrected chi connectivity index (χ2v) is 15.0. The van der Waals surface area contributed by atoms with Gasteiger partial charge in [0.15, 0.2) is 5.79 Å². The van der Waals surface area contributed by atoms with Gasteiger partial charge in [0.1, 0.15) is 36.6 Å². The van der Waals surface area contributed by atoms with E-state index in [9.17, 15) is 57.4 Å². The van der Waals surface area contributed by atoms with Crippen LogP contribution in [-0.4, -0.2) is 42.4 Å². The van der Waals surface area contributed by atoms with Gasteiger partial charge >= 0.3 is 0 Å². The molecule has 4 aliphatic carbocycles. The predicted molar refractivity (Wildman–Crippen MR) is 99.4 cm³/mol. The third-order valence-corrected chi connectivity index (χ3v) is 11.1. The van der Waals surface area contributed by atoms with Crippen LogP contribution in [0.15, 0.2) is 0 Å². The van der Waals surface area contributed by atoms with Gasteiger partial charge in [-0.15, -0.1) is 0 Å². The Morgan fingerprint density at radius 3 is 1.39 bits per heavy atom. The molecular formula is C16H20O18P4-8. The summed E-state index contributed by atoms with van der Waals surface area (Å²) in [6.45, 7) is 3.71. The Balaban J connectivity index is 1.64. The lowest BCUT2D eigenvalue weighted by Crippen LogP contribution is -2.80. The summed E-state index contributed by atoms with van der Waals surface area (Å²) in [7, 11) is -24.7. The van der Waals surface area contributed by atoms with Gasteiger partial charge in [-0.3, -0.25) is 0 Å². The number of phosphoric ester groups is 4. The Kier molecular flexibility index (Phi) is 6.83. The van der Waals surface area contributed by atoms with Crippen LogP contribution in [-0.2, 0) is 45.8 Å². The van der Waals surface area contributed by atoms with Crippen LogP contribution in [0.4, 0.5) is 0 Å². The van der Waals surface area contributed by atoms with E-state index >= 15 is 0 Å². The molecule has 0 radical (unpaired) electrons. The second-order valence-electron chi connectivity index (χ2n) is 10.5. The van der Waals surface area contributed by atoms with Gasteiger partial charge in [-0.05, 0) is 30.6 Å². The van der Waals surface area contributed by atoms with Crippen molar-refractivity contribution in [3.63, 3.8) is 0 Å². The first kappa shape index (κ1) is 29.8. The smallest absolute Gasteiger partial charge is 0.178 e. The molecule has 5 aliphatic rings. The molecule has 1 spiro atoms. The third kappa shape index (κ3) is 4.51. The van der Waals surface area contributed by atoms with Gasteiger partial charge in [-0.1, -0.05) is 13.8 Å². The minimum atomic E-state index is -6.25. The molecule has 0 aromatic rings. The second kappa shape index (κ2) is 8.70. The first-order chi connectivity index (χ1) is 17.0. The topological polar surface area (TPSA) is 308 Å². The number of phosphoric acid groups is 4. The fourth-order valence-corrected chi connectivity index (χ4v) is 9.76. The largest absolute Gasteiger partial charge is 0.790 e. The van der Waals surface area contributed by atoms with E-state index < -0.39 is 85.0 Å². The number of rotatable bonds is 8. The lowest BCUT2D eigenvalue weighted by molar-refractivity contribution is -0.440. The average molecular weight is 624 g/mol. The SMILES string of the molecule is CC12C3C[C@H]1CC[C@]2(C)C31O[C@@H]2[C@H](O1)[C@H](OP(=O)([O-])[O-])[C@@H](OP(=O)([O-])[O-])[C@H](OP(=O)([O-])[O-])[C@H]2OP(=O)([O-])[O-]. The van der Waals surface area contributed by atoms with Crippen LogP contribution < -0.4 is 39.1 Å². The monoisotopic (exact) mass is 624 g/mol. The van der Waals surface area contributed by atoms with E-state index in [1.807, 2.05) is 6.92 Å². The van der Waals surface area contributed by atoms with Crippen molar-refractivity contribution >= 4 is 31.3 Å². The molecule has 38 heavy (non-hydrogen) atoms. The summed E-state index contributed by atoms with van der Waals surface area (Å²) in [5.74, 6) is -1.78. The molecule has 0 N–H and O–H groups in total. The highest BCUT2D eigenvalue weighted by Crippen LogP contribution is 2.86. The first-order valence-corrected chi connectivity index (χ1v) is 17.0. The van der Waals surface area contributed by atoms with Crippen molar-refractivity contribution in [1.82, 2.24) is 0 Å². The number of fused-ring (bicyclic) bond motifs is 3. The molecule has 1 saturated heterocycles. The molecule has 1 aliphatic heterocycles. The normalized spacial score (nSPS) is 48.4. The number of hydrogen-bond donors (Lipinski definition) is 0. The number of ether oxygens (including phenoxy) is 2. The molecule has 5 fully saturated rings. The van der Waals surface area contributed by atoms with Crippen LogP contribution >= 0.6 is 31.3 Å². The first-order valence-electron chi connectivity index (χ1n) is 11.2. The van der Waals surface area contributed by atoms with E-state index in [0.717, 1.165) is 6.42 Å². The van der Waals surface area contributed by atoms with E-state index in [-0.39, 0.29) is 11.3 Å². The van der Waals surface area contributed by atoms with Crippen LogP contribution in [0.5, 0.6) is 0 Å². The van der Waals surface area contributed by atoms with Gasteiger partial charge in [0, 0.05) is 11.3 Å². The van der Waals surface area contributed by atoms with Crippen LogP contribution in [0, 0.1) is 22.7 Å². The van der Waals surface area contributed by atoms with Gasteiger partial charge in [0.25, 0.3) is 0 Å². The lowest BCUT2D eigenvalue weighted by atomic mass is 9.32. The zero-order chi connectivity index (χ0) is 28.5. The fraction of sp³-hybridized carbons (Fsp3) is 1.00. The zero-order valence-corrected chi connectivity index (χ0v) is 23.0. The van der Waals surface area contributed by atoms with Crippen LogP contribution in [0.3, 0.4) is 0 Å². The highest BCUT2D eigenvalue weighted by molar-refractivity contribution is 7.44. The molecular weight excluding hydrogens is 604 g/mol. The summed E-state index contributed by atoms with van der Waals surface area (Å²) in [6.07, 6.45) is -12.8. The molecule has 0 bridgehead atoms. The van der Waals surface area contributed by atoms with Gasteiger partial charge < -0.3 is 85.0 Å². The Morgan fingerprint density at radius 1 is 0.658 bits per heavy atom. The standard InChI is InChI=1S/C16H28O18P4/c1-14-4-3-6-5-7(15(6,14)2)16(14)29-8-9(30-16)11(32-36(20,21)22)13(34-38(26,27)28)12(33-37(23,24)25)10(8)31-35(17,18)19/h6-13H,3-5H2,1-2H3,(H2,17,18,19)(H2,20,21,22)(H2,23,24,25)(H2,26,27,28)/p-8/t6-,7?,8-,9+,10+,11+,12-,13-,14+,15?,16?/m1/s1. The Labute approximate surface area is 214 Å². The Bertz CT molecular complexity index is 1120. The molecule has 22 heteroatoms. The summed E-state index contributed by atoms with van der Waals surface area (Å²) >= 11 is 0. The molecule has 0 aromatic heterocycles. The van der Waals surface area contributed by atoms with Crippen LogP contribution in [0.2, 0.25) is 0 Å². The van der Waals surface area contributed by atoms with Crippen molar-refractivity contribution in [3.8, 4) is 0 Å². The predicted octanol–water partition coefficient (Wildman–Crippen LogP) is -5.21. The third-order valence-electron chi connectivity index (χ3n) is 9.07. The maximum absolute atomic E-state index is 11.6. The Morgan fingerprint density at radius 2 is 1.03 bits per heavy atom. The molecule has 220 valence electrons. The van der Waals surface area contributed by atoms with Crippen molar-refractivity contribution in [2.45, 2.75) is 75.5 Å². The molecule has 4 saturated carbocycles. The maximum atomic E-state index is 11.6. The van der Waals surface area contributed by atoms with E-state index in [0.29, 0.717) is 12.8 Å². The van der Waals surface area contributed by atoms with Crippen molar-refractivity contribution in [2.24, 2.45) is 22.7 Å². The summed E-state index contributed by atoms with van der Waals surface area (Å²) in [6, 6.07) is 0. The summed E-state index contributed by atoms with van der Waals surface area (Å²) in [5.41, 5.74) is -1.17. The average Bonchev–Trinajstić information content (AvgIpc) is 3.10. The van der Waals surface area contributed by atoms with Gasteiger partial charge in [-0.25, -0.2) is 0 Å². The molecule has 11 atom stereocenters. The van der Waals surface area contributed by atoms with Crippen molar-refractivity contribution < 1.29 is 85.0 Å². The molecule has 3 unspecified atom stereocenters. The highest BCUT2D eigenvalue weighted by atomic mass is 31.2. The zero-order valence-electron chi connectivity index (χ0n) is 19.4. The molecule has 5 rings (SSSR count). The lowest BCUT2D eigenvalue weighted by Gasteiger charge is -2.76. The summed E-state index contributed by atoms with van der Waals surface area (Å²) in [5, 5.41) is 0. The molecule has 0 amide bonds. The maximum Gasteiger partial charge on any atom is 0.178 e. The van der Waals surface area contributed by atoms with Gasteiger partial charge in [0.2, 0.25) is 0 Å². The van der Waals surface area contributed by atoms with Crippen molar-refractivity contribution in [3.05, 3.63) is 0 Å². The van der Waals surface area contributed by atoms with Crippen molar-refractivity contribution in [1.29, 1.82) is 0 Å². The number of hydrogen-bond acceptors (Lipinski definition) is 18. The van der Waals surface area contributed by atoms with Crippen LogP contribution in [0.1, 0.15) is 33.1 Å². The minimum Gasteiger partial charge on any atom is -0.790 e. The quantitative estimate of drug-likeness (QED) is 0.228. The summed E-state index contributed by atoms with van der Waals surface area (Å²) < 4.78 is 75.6.